The zero-order valence-electron chi connectivity index (χ0n) is 10.3. The molecule has 0 saturated heterocycles. The number of carbonyl (C=O) groups is 2. The van der Waals surface area contributed by atoms with Crippen LogP contribution in [0, 0.1) is 0 Å². The summed E-state index contributed by atoms with van der Waals surface area (Å²) in [6.07, 6.45) is -0.778. The van der Waals surface area contributed by atoms with Gasteiger partial charge in [0.05, 0.1) is 6.61 Å². The highest BCUT2D eigenvalue weighted by Crippen LogP contribution is 2.32. The van der Waals surface area contributed by atoms with Gasteiger partial charge in [-0.25, -0.2) is 4.79 Å². The van der Waals surface area contributed by atoms with Crippen molar-refractivity contribution in [1.29, 1.82) is 0 Å². The maximum absolute atomic E-state index is 11.5. The normalized spacial score (nSPS) is 17.1. The Hall–Kier alpha value is -2.04. The third-order valence-corrected chi connectivity index (χ3v) is 2.56. The lowest BCUT2D eigenvalue weighted by Crippen LogP contribution is -2.37. The van der Waals surface area contributed by atoms with E-state index in [9.17, 15) is 9.59 Å². The zero-order valence-corrected chi connectivity index (χ0v) is 10.3. The summed E-state index contributed by atoms with van der Waals surface area (Å²) < 4.78 is 15.7. The highest BCUT2D eigenvalue weighted by molar-refractivity contribution is 5.94. The van der Waals surface area contributed by atoms with Crippen LogP contribution in [0.3, 0.4) is 0 Å². The molecule has 1 aliphatic rings. The number of hydrogen-bond acceptors (Lipinski definition) is 5. The van der Waals surface area contributed by atoms with Crippen LogP contribution in [0.1, 0.15) is 24.2 Å². The Bertz CT molecular complexity index is 480. The van der Waals surface area contributed by atoms with Crippen molar-refractivity contribution < 1.29 is 23.8 Å². The number of esters is 1. The van der Waals surface area contributed by atoms with Crippen molar-refractivity contribution in [3.63, 3.8) is 0 Å². The molecule has 0 aliphatic carbocycles. The lowest BCUT2D eigenvalue weighted by molar-refractivity contribution is -0.153. The maximum Gasteiger partial charge on any atom is 0.350 e. The molecular formula is C13H14O5. The third-order valence-electron chi connectivity index (χ3n) is 2.56. The van der Waals surface area contributed by atoms with Crippen LogP contribution in [-0.4, -0.2) is 31.1 Å². The van der Waals surface area contributed by atoms with Gasteiger partial charge in [-0.1, -0.05) is 0 Å². The lowest BCUT2D eigenvalue weighted by Gasteiger charge is -2.25. The van der Waals surface area contributed by atoms with Gasteiger partial charge in [-0.3, -0.25) is 4.79 Å². The lowest BCUT2D eigenvalue weighted by atomic mass is 10.1. The number of benzene rings is 1. The average molecular weight is 250 g/mol. The Kier molecular flexibility index (Phi) is 3.50. The van der Waals surface area contributed by atoms with Crippen LogP contribution < -0.4 is 9.47 Å². The van der Waals surface area contributed by atoms with E-state index in [1.165, 1.54) is 6.92 Å². The van der Waals surface area contributed by atoms with Gasteiger partial charge in [0.2, 0.25) is 6.10 Å². The van der Waals surface area contributed by atoms with Gasteiger partial charge in [0.15, 0.2) is 17.3 Å². The molecule has 96 valence electrons. The predicted molar refractivity (Wildman–Crippen MR) is 63.0 cm³/mol. The zero-order chi connectivity index (χ0) is 13.1. The Morgan fingerprint density at radius 1 is 1.39 bits per heavy atom. The van der Waals surface area contributed by atoms with E-state index >= 15 is 0 Å². The number of hydrogen-bond donors (Lipinski definition) is 0. The first-order chi connectivity index (χ1) is 8.61. The number of fused-ring (bicyclic) bond motifs is 1. The molecule has 1 atom stereocenters. The van der Waals surface area contributed by atoms with Crippen LogP contribution in [0.25, 0.3) is 0 Å². The fraction of sp³-hybridized carbons (Fsp3) is 0.385. The highest BCUT2D eigenvalue weighted by Gasteiger charge is 2.28. The molecular weight excluding hydrogens is 236 g/mol. The number of ketones is 1. The predicted octanol–water partition coefficient (Wildman–Crippen LogP) is 1.59. The Morgan fingerprint density at radius 2 is 2.17 bits per heavy atom. The fourth-order valence-corrected chi connectivity index (χ4v) is 1.64. The molecule has 0 bridgehead atoms. The molecule has 18 heavy (non-hydrogen) atoms. The fourth-order valence-electron chi connectivity index (χ4n) is 1.64. The first-order valence-corrected chi connectivity index (χ1v) is 5.73. The Morgan fingerprint density at radius 3 is 2.83 bits per heavy atom. The second-order valence-corrected chi connectivity index (χ2v) is 3.89. The van der Waals surface area contributed by atoms with E-state index in [0.717, 1.165) is 0 Å². The summed E-state index contributed by atoms with van der Waals surface area (Å²) >= 11 is 0. The van der Waals surface area contributed by atoms with Crippen LogP contribution in [0.5, 0.6) is 11.5 Å². The largest absolute Gasteiger partial charge is 0.485 e. The van der Waals surface area contributed by atoms with E-state index in [1.807, 2.05) is 0 Å². The molecule has 0 amide bonds. The number of Topliss-reactive ketones (excluding diaryl/α,β-unsaturated/α-hetero) is 1. The van der Waals surface area contributed by atoms with Crippen molar-refractivity contribution in [2.75, 3.05) is 13.2 Å². The molecule has 1 unspecified atom stereocenters. The van der Waals surface area contributed by atoms with Crippen molar-refractivity contribution in [3.8, 4) is 11.5 Å². The Labute approximate surface area is 105 Å². The quantitative estimate of drug-likeness (QED) is 0.602. The number of carbonyl (C=O) groups excluding carboxylic acids is 2. The van der Waals surface area contributed by atoms with Crippen LogP contribution in [0.2, 0.25) is 0 Å². The van der Waals surface area contributed by atoms with E-state index in [1.54, 1.807) is 25.1 Å². The minimum Gasteiger partial charge on any atom is -0.485 e. The van der Waals surface area contributed by atoms with Crippen molar-refractivity contribution in [2.24, 2.45) is 0 Å². The molecule has 5 nitrogen and oxygen atoms in total. The van der Waals surface area contributed by atoms with Crippen LogP contribution in [0.15, 0.2) is 18.2 Å². The molecule has 2 rings (SSSR count). The van der Waals surface area contributed by atoms with Crippen molar-refractivity contribution in [1.82, 2.24) is 0 Å². The van der Waals surface area contributed by atoms with E-state index in [2.05, 4.69) is 0 Å². The maximum atomic E-state index is 11.5. The average Bonchev–Trinajstić information content (AvgIpc) is 2.37. The Balaban J connectivity index is 2.19. The van der Waals surface area contributed by atoms with Crippen molar-refractivity contribution in [2.45, 2.75) is 20.0 Å². The molecule has 5 heteroatoms. The van der Waals surface area contributed by atoms with E-state index in [0.29, 0.717) is 23.7 Å². The van der Waals surface area contributed by atoms with E-state index in [-0.39, 0.29) is 12.4 Å². The van der Waals surface area contributed by atoms with E-state index < -0.39 is 12.1 Å². The van der Waals surface area contributed by atoms with Gasteiger partial charge in [0, 0.05) is 5.56 Å². The topological polar surface area (TPSA) is 61.8 Å². The van der Waals surface area contributed by atoms with Crippen LogP contribution in [-0.2, 0) is 9.53 Å². The van der Waals surface area contributed by atoms with Gasteiger partial charge in [0.25, 0.3) is 0 Å². The van der Waals surface area contributed by atoms with Gasteiger partial charge in [-0.15, -0.1) is 0 Å². The summed E-state index contributed by atoms with van der Waals surface area (Å²) in [6.45, 7) is 3.60. The van der Waals surface area contributed by atoms with Crippen LogP contribution >= 0.6 is 0 Å². The first-order valence-electron chi connectivity index (χ1n) is 5.73. The first kappa shape index (κ1) is 12.4. The highest BCUT2D eigenvalue weighted by atomic mass is 16.6. The molecule has 1 aliphatic heterocycles. The summed E-state index contributed by atoms with van der Waals surface area (Å²) in [5.74, 6) is 0.392. The summed E-state index contributed by atoms with van der Waals surface area (Å²) in [6, 6.07) is 4.89. The summed E-state index contributed by atoms with van der Waals surface area (Å²) in [7, 11) is 0. The molecule has 0 spiro atoms. The standard InChI is InChI=1S/C13H14O5/c1-3-16-13(15)12-7-17-10-5-4-9(8(2)14)6-11(10)18-12/h4-6,12H,3,7H2,1-2H3. The monoisotopic (exact) mass is 250 g/mol. The smallest absolute Gasteiger partial charge is 0.350 e. The SMILES string of the molecule is CCOC(=O)C1COc2ccc(C(C)=O)cc2O1. The molecule has 0 fully saturated rings. The van der Waals surface area contributed by atoms with Crippen molar-refractivity contribution >= 4 is 11.8 Å². The molecule has 0 aromatic heterocycles. The van der Waals surface area contributed by atoms with Crippen LogP contribution in [0.4, 0.5) is 0 Å². The van der Waals surface area contributed by atoms with Gasteiger partial charge < -0.3 is 14.2 Å². The van der Waals surface area contributed by atoms with E-state index in [4.69, 9.17) is 14.2 Å². The third kappa shape index (κ3) is 2.45. The second kappa shape index (κ2) is 5.08. The molecule has 1 heterocycles. The molecule has 1 aromatic rings. The summed E-state index contributed by atoms with van der Waals surface area (Å²) in [5, 5.41) is 0. The van der Waals surface area contributed by atoms with Gasteiger partial charge in [-0.2, -0.15) is 0 Å². The second-order valence-electron chi connectivity index (χ2n) is 3.89. The minimum absolute atomic E-state index is 0.0698. The van der Waals surface area contributed by atoms with Gasteiger partial charge in [0.1, 0.15) is 6.61 Å². The summed E-state index contributed by atoms with van der Waals surface area (Å²) in [5.41, 5.74) is 0.516. The van der Waals surface area contributed by atoms with Gasteiger partial charge in [-0.05, 0) is 32.0 Å². The van der Waals surface area contributed by atoms with Crippen molar-refractivity contribution in [3.05, 3.63) is 23.8 Å². The molecule has 1 aromatic carbocycles. The molecule has 0 saturated carbocycles. The summed E-state index contributed by atoms with van der Waals surface area (Å²) in [4.78, 5) is 22.8. The van der Waals surface area contributed by atoms with Gasteiger partial charge >= 0.3 is 5.97 Å². The minimum atomic E-state index is -0.778. The number of rotatable bonds is 3. The molecule has 0 radical (unpaired) electrons. The number of ether oxygens (including phenoxy) is 3. The molecule has 0 N–H and O–H groups in total.